The Kier molecular flexibility index (Phi) is 12.3. The molecule has 0 unspecified atom stereocenters. The average Bonchev–Trinajstić information content (AvgIpc) is 3.69. The summed E-state index contributed by atoms with van der Waals surface area (Å²) >= 11 is 0. The van der Waals surface area contributed by atoms with E-state index < -0.39 is 0 Å². The van der Waals surface area contributed by atoms with E-state index in [1.807, 2.05) is 36.7 Å². The molecule has 0 N–H and O–H groups in total. The molecular formula is C62H53IrN3-2. The molecule has 13 rings (SSSR count). The molecule has 1 saturated carbocycles. The monoisotopic (exact) mass is 1030 g/mol. The van der Waals surface area contributed by atoms with Gasteiger partial charge in [-0.15, -0.1) is 64.7 Å². The van der Waals surface area contributed by atoms with Crippen LogP contribution in [-0.2, 0) is 30.9 Å². The van der Waals surface area contributed by atoms with Gasteiger partial charge in [-0.2, -0.15) is 0 Å². The molecule has 0 atom stereocenters. The summed E-state index contributed by atoms with van der Waals surface area (Å²) in [4.78, 5) is 9.35. The van der Waals surface area contributed by atoms with Crippen molar-refractivity contribution in [2.45, 2.75) is 64.7 Å². The van der Waals surface area contributed by atoms with Crippen LogP contribution in [0, 0.1) is 19.1 Å². The van der Waals surface area contributed by atoms with E-state index in [1.54, 1.807) is 5.56 Å². The maximum atomic E-state index is 4.81. The molecule has 1 radical (unpaired) electrons. The third-order valence-corrected chi connectivity index (χ3v) is 14.1. The minimum Gasteiger partial charge on any atom is -0.327 e. The first-order valence-corrected chi connectivity index (χ1v) is 22.6. The van der Waals surface area contributed by atoms with Gasteiger partial charge in [0.1, 0.15) is 0 Å². The van der Waals surface area contributed by atoms with Crippen molar-refractivity contribution in [2.24, 2.45) is 0 Å². The summed E-state index contributed by atoms with van der Waals surface area (Å²) in [6.45, 7) is 7.07. The molecule has 3 heterocycles. The molecule has 1 fully saturated rings. The number of pyridine rings is 2. The van der Waals surface area contributed by atoms with Crippen molar-refractivity contribution in [3.63, 3.8) is 0 Å². The second kappa shape index (κ2) is 18.3. The fourth-order valence-electron chi connectivity index (χ4n) is 10.3. The Bertz CT molecular complexity index is 3200. The van der Waals surface area contributed by atoms with E-state index in [0.717, 1.165) is 28.2 Å². The van der Waals surface area contributed by atoms with Crippen LogP contribution in [0.2, 0.25) is 0 Å². The summed E-state index contributed by atoms with van der Waals surface area (Å²) in [5.41, 5.74) is 19.8. The normalized spacial score (nSPS) is 17.0. The van der Waals surface area contributed by atoms with Crippen LogP contribution in [0.4, 0.5) is 0 Å². The van der Waals surface area contributed by atoms with Crippen molar-refractivity contribution in [1.29, 1.82) is 0 Å². The van der Waals surface area contributed by atoms with Crippen LogP contribution < -0.4 is 0 Å². The van der Waals surface area contributed by atoms with Crippen LogP contribution >= 0.6 is 0 Å². The van der Waals surface area contributed by atoms with Gasteiger partial charge in [-0.25, -0.2) is 0 Å². The van der Waals surface area contributed by atoms with Gasteiger partial charge >= 0.3 is 0 Å². The Labute approximate surface area is 403 Å². The van der Waals surface area contributed by atoms with Crippen molar-refractivity contribution >= 4 is 21.8 Å². The quantitative estimate of drug-likeness (QED) is 0.155. The molecule has 10 aromatic rings. The Balaban J connectivity index is 0.000000169. The Morgan fingerprint density at radius 2 is 1.05 bits per heavy atom. The molecule has 7 aromatic carbocycles. The number of benzene rings is 7. The van der Waals surface area contributed by atoms with Gasteiger partial charge in [0, 0.05) is 48.8 Å². The maximum Gasteiger partial charge on any atom is 0.0524 e. The molecule has 0 aliphatic heterocycles. The molecule has 2 bridgehead atoms. The average molecular weight is 1030 g/mol. The summed E-state index contributed by atoms with van der Waals surface area (Å²) in [5.74, 6) is 0. The van der Waals surface area contributed by atoms with Crippen molar-refractivity contribution in [3.05, 3.63) is 223 Å². The number of fused-ring (bicyclic) bond motifs is 5. The van der Waals surface area contributed by atoms with Gasteiger partial charge in [0.05, 0.1) is 11.0 Å². The fourth-order valence-corrected chi connectivity index (χ4v) is 10.3. The van der Waals surface area contributed by atoms with Crippen LogP contribution in [-0.4, -0.2) is 14.5 Å². The number of hydrogen-bond acceptors (Lipinski definition) is 2. The molecular weight excluding hydrogens is 979 g/mol. The Hall–Kier alpha value is -6.71. The molecule has 0 amide bonds. The van der Waals surface area contributed by atoms with E-state index >= 15 is 0 Å². The summed E-state index contributed by atoms with van der Waals surface area (Å²) in [5, 5.41) is 2.47. The smallest absolute Gasteiger partial charge is 0.0524 e. The number of hydrogen-bond donors (Lipinski definition) is 0. The van der Waals surface area contributed by atoms with E-state index in [2.05, 4.69) is 200 Å². The second-order valence-electron chi connectivity index (χ2n) is 18.3. The SMILES string of the molecule is C.Cc1cc(-c2[c-]cc3c(c2)C2(C)CCC3(C)CC2)ncc1-c1ccccc1.[Ir].[c-]1ccc(-n2c3ccc(-c4ccccc4)cc3c3cc(-c4ccccc4)ccc32)cc1-c1ccccn1. The molecule has 327 valence electrons. The molecule has 3 aliphatic rings. The van der Waals surface area contributed by atoms with E-state index in [9.17, 15) is 0 Å². The summed E-state index contributed by atoms with van der Waals surface area (Å²) in [7, 11) is 0. The van der Waals surface area contributed by atoms with Gasteiger partial charge in [-0.3, -0.25) is 0 Å². The largest absolute Gasteiger partial charge is 0.327 e. The van der Waals surface area contributed by atoms with Crippen molar-refractivity contribution in [1.82, 2.24) is 14.5 Å². The van der Waals surface area contributed by atoms with Gasteiger partial charge in [0.2, 0.25) is 0 Å². The van der Waals surface area contributed by atoms with E-state index in [0.29, 0.717) is 10.8 Å². The number of aryl methyl sites for hydroxylation is 1. The van der Waals surface area contributed by atoms with E-state index in [-0.39, 0.29) is 27.5 Å². The van der Waals surface area contributed by atoms with Gasteiger partial charge in [0.15, 0.2) is 0 Å². The van der Waals surface area contributed by atoms with Gasteiger partial charge < -0.3 is 14.5 Å². The van der Waals surface area contributed by atoms with Gasteiger partial charge in [0.25, 0.3) is 0 Å². The first kappa shape index (κ1) is 44.5. The Morgan fingerprint density at radius 1 is 0.500 bits per heavy atom. The second-order valence-corrected chi connectivity index (χ2v) is 18.3. The van der Waals surface area contributed by atoms with Gasteiger partial charge in [-0.1, -0.05) is 155 Å². The van der Waals surface area contributed by atoms with Crippen LogP contribution in [0.3, 0.4) is 0 Å². The molecule has 4 heteroatoms. The molecule has 3 aliphatic carbocycles. The van der Waals surface area contributed by atoms with Crippen LogP contribution in [0.5, 0.6) is 0 Å². The van der Waals surface area contributed by atoms with Crippen LogP contribution in [0.15, 0.2) is 194 Å². The van der Waals surface area contributed by atoms with Crippen molar-refractivity contribution in [3.8, 4) is 61.6 Å². The fraction of sp³-hybridized carbons (Fsp3) is 0.161. The first-order chi connectivity index (χ1) is 31.3. The molecule has 66 heavy (non-hydrogen) atoms. The molecule has 3 nitrogen and oxygen atoms in total. The number of rotatable bonds is 6. The zero-order valence-corrected chi connectivity index (χ0v) is 39.4. The zero-order valence-electron chi connectivity index (χ0n) is 37.0. The maximum absolute atomic E-state index is 4.81. The first-order valence-electron chi connectivity index (χ1n) is 22.6. The summed E-state index contributed by atoms with van der Waals surface area (Å²) in [6, 6.07) is 71.3. The predicted octanol–water partition coefficient (Wildman–Crippen LogP) is 16.2. The number of nitrogens with zero attached hydrogens (tertiary/aromatic N) is 3. The topological polar surface area (TPSA) is 30.7 Å². The van der Waals surface area contributed by atoms with E-state index in [4.69, 9.17) is 4.98 Å². The van der Waals surface area contributed by atoms with Crippen molar-refractivity contribution < 1.29 is 20.1 Å². The van der Waals surface area contributed by atoms with Crippen LogP contribution in [0.25, 0.3) is 83.4 Å². The number of aromatic nitrogens is 3. The summed E-state index contributed by atoms with van der Waals surface area (Å²) < 4.78 is 2.36. The minimum atomic E-state index is 0. The molecule has 0 spiro atoms. The van der Waals surface area contributed by atoms with Crippen LogP contribution in [0.1, 0.15) is 63.6 Å². The van der Waals surface area contributed by atoms with Crippen molar-refractivity contribution in [2.75, 3.05) is 0 Å². The molecule has 0 saturated heterocycles. The van der Waals surface area contributed by atoms with Gasteiger partial charge in [-0.05, 0) is 111 Å². The standard InChI is InChI=1S/C35H23N2.C26H26N.CH4.Ir/c1-3-10-25(11-4-1)27-17-19-34-31(23-27)32-24-28(26-12-5-2-6-13-26)18-20-35(32)37(34)30-15-9-14-29(22-30)33-16-7-8-21-36-33;1-18-15-24(27-17-21(18)19-7-5-4-6-8-19)20-9-10-22-23(16-20)26(3)13-11-25(22,2)12-14-26;;/h1-13,15-24H;4-8,10,15-17H,11-14H2,1-3H3;1H4;/q2*-1;;. The zero-order chi connectivity index (χ0) is 43.3. The third-order valence-electron chi connectivity index (χ3n) is 14.1. The predicted molar refractivity (Wildman–Crippen MR) is 272 cm³/mol. The summed E-state index contributed by atoms with van der Waals surface area (Å²) in [6.07, 6.45) is 9.08. The Morgan fingerprint density at radius 3 is 1.61 bits per heavy atom. The molecule has 3 aromatic heterocycles. The van der Waals surface area contributed by atoms with E-state index in [1.165, 1.54) is 92.0 Å². The third kappa shape index (κ3) is 8.14. The minimum absolute atomic E-state index is 0.